The first-order valence-electron chi connectivity index (χ1n) is 5.56. The highest BCUT2D eigenvalue weighted by molar-refractivity contribution is 14.1. The predicted octanol–water partition coefficient (Wildman–Crippen LogP) is 4.77. The van der Waals surface area contributed by atoms with Crippen molar-refractivity contribution in [2.45, 2.75) is 0 Å². The van der Waals surface area contributed by atoms with Crippen molar-refractivity contribution in [2.75, 3.05) is 5.73 Å². The maximum atomic E-state index is 13.6. The topological polar surface area (TPSA) is 43.8 Å². The van der Waals surface area contributed by atoms with Crippen LogP contribution in [0.15, 0.2) is 34.8 Å². The van der Waals surface area contributed by atoms with Gasteiger partial charge in [0.05, 0.1) is 26.2 Å². The largest absolute Gasteiger partial charge is 0.369 e. The molecule has 20 heavy (non-hydrogen) atoms. The molecule has 7 heteroatoms. The first kappa shape index (κ1) is 14.1. The van der Waals surface area contributed by atoms with Gasteiger partial charge in [-0.25, -0.2) is 9.37 Å². The fraction of sp³-hybridized carbons (Fsp3) is 0. The van der Waals surface area contributed by atoms with Gasteiger partial charge in [0.1, 0.15) is 5.82 Å². The van der Waals surface area contributed by atoms with Crippen LogP contribution in [0.4, 0.5) is 10.3 Å². The highest BCUT2D eigenvalue weighted by Gasteiger charge is 2.15. The van der Waals surface area contributed by atoms with Crippen molar-refractivity contribution < 1.29 is 4.39 Å². The van der Waals surface area contributed by atoms with Gasteiger partial charge in [-0.05, 0) is 62.8 Å². The molecule has 0 atom stereocenters. The van der Waals surface area contributed by atoms with Crippen molar-refractivity contribution in [1.82, 2.24) is 9.55 Å². The lowest BCUT2D eigenvalue weighted by Gasteiger charge is -2.09. The summed E-state index contributed by atoms with van der Waals surface area (Å²) in [6.45, 7) is 0. The van der Waals surface area contributed by atoms with Crippen LogP contribution in [0.3, 0.4) is 0 Å². The molecular weight excluding hydrogens is 459 g/mol. The standard InChI is InChI=1S/C13H7BrClFIN3/c14-7-4-12-10(5-9(7)16)19-13(18)20(12)11-2-1-6(17)3-8(11)15/h1-5H,(H2,18,19). The molecule has 3 nitrogen and oxygen atoms in total. The molecule has 0 fully saturated rings. The Morgan fingerprint density at radius 2 is 2.05 bits per heavy atom. The summed E-state index contributed by atoms with van der Waals surface area (Å²) < 4.78 is 16.6. The Morgan fingerprint density at radius 3 is 2.75 bits per heavy atom. The molecule has 2 aromatic carbocycles. The molecule has 0 aliphatic carbocycles. The van der Waals surface area contributed by atoms with Gasteiger partial charge in [0.2, 0.25) is 5.95 Å². The summed E-state index contributed by atoms with van der Waals surface area (Å²) in [5.41, 5.74) is 7.84. The van der Waals surface area contributed by atoms with Crippen LogP contribution in [0.5, 0.6) is 0 Å². The molecule has 0 unspecified atom stereocenters. The normalized spacial score (nSPS) is 11.2. The Kier molecular flexibility index (Phi) is 3.64. The van der Waals surface area contributed by atoms with Crippen LogP contribution < -0.4 is 5.73 Å². The zero-order valence-corrected chi connectivity index (χ0v) is 14.4. The number of nitrogens with two attached hydrogens (primary N) is 1. The smallest absolute Gasteiger partial charge is 0.205 e. The number of hydrogen-bond acceptors (Lipinski definition) is 2. The van der Waals surface area contributed by atoms with E-state index in [4.69, 9.17) is 17.3 Å². The number of hydrogen-bond donors (Lipinski definition) is 1. The Bertz CT molecular complexity index is 834. The lowest BCUT2D eigenvalue weighted by atomic mass is 10.2. The van der Waals surface area contributed by atoms with Gasteiger partial charge >= 0.3 is 0 Å². The molecule has 0 aliphatic rings. The fourth-order valence-electron chi connectivity index (χ4n) is 2.01. The van der Waals surface area contributed by atoms with E-state index < -0.39 is 0 Å². The van der Waals surface area contributed by atoms with Crippen molar-refractivity contribution in [3.8, 4) is 5.69 Å². The maximum absolute atomic E-state index is 13.6. The summed E-state index contributed by atoms with van der Waals surface area (Å²) in [7, 11) is 0. The Morgan fingerprint density at radius 1 is 1.30 bits per heavy atom. The van der Waals surface area contributed by atoms with E-state index in [1.165, 1.54) is 6.07 Å². The van der Waals surface area contributed by atoms with Crippen LogP contribution in [0.25, 0.3) is 16.7 Å². The lowest BCUT2D eigenvalue weighted by Crippen LogP contribution is -2.01. The zero-order valence-electron chi connectivity index (χ0n) is 9.87. The minimum atomic E-state index is -0.379. The molecule has 2 N–H and O–H groups in total. The van der Waals surface area contributed by atoms with Gasteiger partial charge in [-0.15, -0.1) is 0 Å². The second kappa shape index (κ2) is 5.16. The van der Waals surface area contributed by atoms with Crippen molar-refractivity contribution in [3.63, 3.8) is 0 Å². The van der Waals surface area contributed by atoms with E-state index in [-0.39, 0.29) is 11.8 Å². The Labute approximate surface area is 141 Å². The van der Waals surface area contributed by atoms with Crippen LogP contribution in [-0.4, -0.2) is 9.55 Å². The van der Waals surface area contributed by atoms with Crippen LogP contribution in [-0.2, 0) is 0 Å². The molecule has 0 saturated heterocycles. The van der Waals surface area contributed by atoms with E-state index in [0.717, 1.165) is 3.57 Å². The molecule has 0 radical (unpaired) electrons. The van der Waals surface area contributed by atoms with Gasteiger partial charge in [0, 0.05) is 9.64 Å². The first-order chi connectivity index (χ1) is 9.47. The predicted molar refractivity (Wildman–Crippen MR) is 90.9 cm³/mol. The van der Waals surface area contributed by atoms with E-state index in [0.29, 0.717) is 26.2 Å². The summed E-state index contributed by atoms with van der Waals surface area (Å²) in [6.07, 6.45) is 0. The fourth-order valence-corrected chi connectivity index (χ4v) is 3.28. The van der Waals surface area contributed by atoms with E-state index in [9.17, 15) is 4.39 Å². The minimum Gasteiger partial charge on any atom is -0.369 e. The average Bonchev–Trinajstić information content (AvgIpc) is 2.66. The third-order valence-electron chi connectivity index (χ3n) is 2.87. The molecule has 0 saturated carbocycles. The van der Waals surface area contributed by atoms with Crippen LogP contribution in [0, 0.1) is 9.39 Å². The maximum Gasteiger partial charge on any atom is 0.205 e. The summed E-state index contributed by atoms with van der Waals surface area (Å²) in [5.74, 6) is -0.114. The van der Waals surface area contributed by atoms with Crippen molar-refractivity contribution >= 4 is 67.1 Å². The zero-order chi connectivity index (χ0) is 14.4. The third kappa shape index (κ3) is 2.29. The van der Waals surface area contributed by atoms with E-state index in [1.807, 2.05) is 18.2 Å². The molecule has 3 rings (SSSR count). The number of anilines is 1. The molecule has 0 bridgehead atoms. The number of fused-ring (bicyclic) bond motifs is 1. The minimum absolute atomic E-state index is 0.264. The molecular formula is C13H7BrClFIN3. The molecule has 1 aromatic heterocycles. The highest BCUT2D eigenvalue weighted by atomic mass is 127. The van der Waals surface area contributed by atoms with E-state index in [2.05, 4.69) is 43.5 Å². The van der Waals surface area contributed by atoms with Gasteiger partial charge in [-0.3, -0.25) is 4.57 Å². The Hall–Kier alpha value is -0.860. The van der Waals surface area contributed by atoms with Gasteiger partial charge in [0.15, 0.2) is 0 Å². The van der Waals surface area contributed by atoms with Gasteiger partial charge < -0.3 is 5.73 Å². The summed E-state index contributed by atoms with van der Waals surface area (Å²) in [5, 5.41) is 0.559. The number of imidazole rings is 1. The average molecular weight is 466 g/mol. The number of benzene rings is 2. The molecule has 0 aliphatic heterocycles. The molecule has 3 aromatic rings. The van der Waals surface area contributed by atoms with Gasteiger partial charge in [0.25, 0.3) is 0 Å². The van der Waals surface area contributed by atoms with E-state index in [1.54, 1.807) is 10.6 Å². The summed E-state index contributed by atoms with van der Waals surface area (Å²) in [6, 6.07) is 8.60. The van der Waals surface area contributed by atoms with E-state index >= 15 is 0 Å². The van der Waals surface area contributed by atoms with Crippen LogP contribution in [0.2, 0.25) is 5.02 Å². The van der Waals surface area contributed by atoms with Gasteiger partial charge in [-0.1, -0.05) is 11.6 Å². The SMILES string of the molecule is Nc1nc2cc(F)c(Br)cc2n1-c1ccc(I)cc1Cl. The molecule has 1 heterocycles. The van der Waals surface area contributed by atoms with Crippen molar-refractivity contribution in [3.05, 3.63) is 49.2 Å². The molecule has 0 spiro atoms. The number of aromatic nitrogens is 2. The number of nitrogens with zero attached hydrogens (tertiary/aromatic N) is 2. The van der Waals surface area contributed by atoms with Crippen molar-refractivity contribution in [1.29, 1.82) is 0 Å². The number of rotatable bonds is 1. The van der Waals surface area contributed by atoms with Crippen LogP contribution in [0.1, 0.15) is 0 Å². The monoisotopic (exact) mass is 465 g/mol. The lowest BCUT2D eigenvalue weighted by molar-refractivity contribution is 0.623. The Balaban J connectivity index is 2.35. The third-order valence-corrected chi connectivity index (χ3v) is 4.45. The summed E-state index contributed by atoms with van der Waals surface area (Å²) >= 11 is 11.6. The molecule has 102 valence electrons. The van der Waals surface area contributed by atoms with Gasteiger partial charge in [-0.2, -0.15) is 0 Å². The number of halogens is 4. The molecule has 0 amide bonds. The first-order valence-corrected chi connectivity index (χ1v) is 7.81. The van der Waals surface area contributed by atoms with Crippen LogP contribution >= 0.6 is 50.1 Å². The quantitative estimate of drug-likeness (QED) is 0.526. The second-order valence-electron chi connectivity index (χ2n) is 4.16. The second-order valence-corrected chi connectivity index (χ2v) is 6.66. The highest BCUT2D eigenvalue weighted by Crippen LogP contribution is 2.31. The summed E-state index contributed by atoms with van der Waals surface area (Å²) in [4.78, 5) is 4.17. The number of nitrogen functional groups attached to an aromatic ring is 1. The van der Waals surface area contributed by atoms with Crippen molar-refractivity contribution in [2.24, 2.45) is 0 Å².